The smallest absolute Gasteiger partial charge is 0.0619 e. The van der Waals surface area contributed by atoms with Crippen molar-refractivity contribution in [3.8, 4) is 100 Å². The SMILES string of the molecule is Cc1ccc(C2(c3ccc(C)c(C)c3)c3ccccc3-c3ccc(-c4cccc(-c5cccc(-c6cccc(-c7cccc(-c8cccc(-c9cccc%10c9-c9ccccc9C%109c%10ccccc%10-c%10ccccc%109)c8)c7)c6)c5)c4)cc32)cc1C. The van der Waals surface area contributed by atoms with Crippen molar-refractivity contribution in [2.24, 2.45) is 0 Å². The average molecular weight is 1070 g/mol. The monoisotopic (exact) mass is 1070 g/mol. The number of hydrogen-bond donors (Lipinski definition) is 0. The molecule has 0 atom stereocenters. The molecule has 13 aromatic carbocycles. The Hall–Kier alpha value is -10.1. The first-order valence-electron chi connectivity index (χ1n) is 29.6. The molecule has 3 aliphatic carbocycles. The molecule has 0 amide bonds. The molecule has 0 saturated carbocycles. The molecule has 0 radical (unpaired) electrons. The molecule has 0 unspecified atom stereocenters. The molecule has 0 N–H and O–H groups in total. The lowest BCUT2D eigenvalue weighted by molar-refractivity contribution is 0.765. The summed E-state index contributed by atoms with van der Waals surface area (Å²) in [5.74, 6) is 0. The fraction of sp³-hybridized carbons (Fsp3) is 0.0714. The molecule has 0 heterocycles. The fourth-order valence-electron chi connectivity index (χ4n) is 15.0. The Morgan fingerprint density at radius 2 is 0.488 bits per heavy atom. The van der Waals surface area contributed by atoms with Gasteiger partial charge >= 0.3 is 0 Å². The quantitative estimate of drug-likeness (QED) is 0.142. The maximum atomic E-state index is 2.49. The number of benzene rings is 13. The second-order valence-electron chi connectivity index (χ2n) is 23.7. The van der Waals surface area contributed by atoms with Crippen LogP contribution in [0.15, 0.2) is 291 Å². The van der Waals surface area contributed by atoms with E-state index in [2.05, 4.69) is 319 Å². The van der Waals surface area contributed by atoms with Crippen molar-refractivity contribution >= 4 is 0 Å². The lowest BCUT2D eigenvalue weighted by Gasteiger charge is -2.35. The first kappa shape index (κ1) is 49.7. The molecule has 0 bridgehead atoms. The Morgan fingerprint density at radius 3 is 0.917 bits per heavy atom. The van der Waals surface area contributed by atoms with Crippen LogP contribution in [0, 0.1) is 27.7 Å². The second-order valence-corrected chi connectivity index (χ2v) is 23.7. The Morgan fingerprint density at radius 1 is 0.179 bits per heavy atom. The highest BCUT2D eigenvalue weighted by Crippen LogP contribution is 2.64. The van der Waals surface area contributed by atoms with Crippen LogP contribution in [-0.4, -0.2) is 0 Å². The maximum Gasteiger partial charge on any atom is 0.0725 e. The van der Waals surface area contributed by atoms with E-state index in [1.165, 1.54) is 167 Å². The highest BCUT2D eigenvalue weighted by molar-refractivity contribution is 6.00. The van der Waals surface area contributed by atoms with Crippen LogP contribution in [-0.2, 0) is 10.8 Å². The van der Waals surface area contributed by atoms with Crippen molar-refractivity contribution in [2.45, 2.75) is 38.5 Å². The summed E-state index contributed by atoms with van der Waals surface area (Å²) >= 11 is 0. The van der Waals surface area contributed by atoms with Crippen molar-refractivity contribution in [1.82, 2.24) is 0 Å². The van der Waals surface area contributed by atoms with Gasteiger partial charge in [0.05, 0.1) is 10.8 Å². The van der Waals surface area contributed by atoms with Crippen LogP contribution in [0.25, 0.3) is 100 Å². The van der Waals surface area contributed by atoms with Gasteiger partial charge in [-0.15, -0.1) is 0 Å². The Balaban J connectivity index is 0.724. The minimum Gasteiger partial charge on any atom is -0.0619 e. The van der Waals surface area contributed by atoms with Gasteiger partial charge in [0.15, 0.2) is 0 Å². The Bertz CT molecular complexity index is 4750. The summed E-state index contributed by atoms with van der Waals surface area (Å²) in [6.45, 7) is 8.93. The van der Waals surface area contributed by atoms with Crippen molar-refractivity contribution in [3.63, 3.8) is 0 Å². The van der Waals surface area contributed by atoms with Crippen molar-refractivity contribution in [1.29, 1.82) is 0 Å². The molecule has 0 saturated heterocycles. The molecule has 0 aromatic heterocycles. The van der Waals surface area contributed by atoms with E-state index in [9.17, 15) is 0 Å². The van der Waals surface area contributed by atoms with Crippen LogP contribution in [0.1, 0.15) is 66.8 Å². The molecule has 0 fully saturated rings. The normalized spacial score (nSPS) is 13.4. The van der Waals surface area contributed by atoms with Crippen LogP contribution in [0.5, 0.6) is 0 Å². The minimum atomic E-state index is -0.481. The van der Waals surface area contributed by atoms with Crippen LogP contribution in [0.4, 0.5) is 0 Å². The standard InChI is InChI=1S/C84H60/c1-53-39-42-68(45-55(53)3)83(69-43-40-54(2)56(4)46-69)76-34-9-5-31-73(76)74-44-41-66(52-81(74)83)64-26-16-24-62(50-64)60-22-14-20-58(48-60)57-19-13-21-59(47-57)61-23-15-25-63(49-61)65-27-17-28-67(51-65)70-33-18-38-80-82(70)75-32-8-12-37-79(75)84(80)77-35-10-6-29-71(77)72-30-7-11-36-78(72)84/h5-52H,1-4H3. The van der Waals surface area contributed by atoms with Gasteiger partial charge in [-0.3, -0.25) is 0 Å². The van der Waals surface area contributed by atoms with Gasteiger partial charge in [-0.1, -0.05) is 255 Å². The van der Waals surface area contributed by atoms with E-state index < -0.39 is 5.41 Å². The molecule has 16 rings (SSSR count). The number of rotatable bonds is 8. The lowest BCUT2D eigenvalue weighted by Crippen LogP contribution is -2.29. The molecular formula is C84H60. The molecular weight excluding hydrogens is 1010 g/mol. The summed E-state index contributed by atoms with van der Waals surface area (Å²) < 4.78 is 0. The van der Waals surface area contributed by atoms with Gasteiger partial charge < -0.3 is 0 Å². The minimum absolute atomic E-state index is 0.376. The fourth-order valence-corrected chi connectivity index (χ4v) is 15.0. The van der Waals surface area contributed by atoms with Crippen LogP contribution >= 0.6 is 0 Å². The highest BCUT2D eigenvalue weighted by Gasteiger charge is 2.52. The summed E-state index contributed by atoms with van der Waals surface area (Å²) in [5, 5.41) is 0. The summed E-state index contributed by atoms with van der Waals surface area (Å²) in [6, 6.07) is 110. The molecule has 396 valence electrons. The van der Waals surface area contributed by atoms with E-state index in [0.717, 1.165) is 0 Å². The van der Waals surface area contributed by atoms with Crippen LogP contribution in [0.2, 0.25) is 0 Å². The largest absolute Gasteiger partial charge is 0.0725 e. The lowest BCUT2D eigenvalue weighted by atomic mass is 9.66. The van der Waals surface area contributed by atoms with E-state index in [1.807, 2.05) is 0 Å². The summed E-state index contributed by atoms with van der Waals surface area (Å²) in [7, 11) is 0. The predicted molar refractivity (Wildman–Crippen MR) is 352 cm³/mol. The third kappa shape index (κ3) is 7.40. The number of hydrogen-bond acceptors (Lipinski definition) is 0. The molecule has 0 aliphatic heterocycles. The van der Waals surface area contributed by atoms with Gasteiger partial charge in [0, 0.05) is 0 Å². The van der Waals surface area contributed by atoms with Crippen molar-refractivity contribution in [3.05, 3.63) is 358 Å². The molecule has 13 aromatic rings. The number of aryl methyl sites for hydroxylation is 4. The molecule has 84 heavy (non-hydrogen) atoms. The van der Waals surface area contributed by atoms with Crippen molar-refractivity contribution < 1.29 is 0 Å². The zero-order valence-electron chi connectivity index (χ0n) is 47.7. The average Bonchev–Trinajstić information content (AvgIpc) is 1.64. The van der Waals surface area contributed by atoms with Gasteiger partial charge in [-0.05, 0) is 231 Å². The molecule has 0 nitrogen and oxygen atoms in total. The molecule has 0 heteroatoms. The van der Waals surface area contributed by atoms with E-state index >= 15 is 0 Å². The van der Waals surface area contributed by atoms with Crippen molar-refractivity contribution in [2.75, 3.05) is 0 Å². The van der Waals surface area contributed by atoms with Crippen LogP contribution in [0.3, 0.4) is 0 Å². The summed E-state index contributed by atoms with van der Waals surface area (Å²) in [5.41, 5.74) is 37.4. The predicted octanol–water partition coefficient (Wildman–Crippen LogP) is 21.6. The van der Waals surface area contributed by atoms with Gasteiger partial charge in [-0.25, -0.2) is 0 Å². The first-order valence-corrected chi connectivity index (χ1v) is 29.6. The van der Waals surface area contributed by atoms with E-state index in [4.69, 9.17) is 0 Å². The zero-order valence-corrected chi connectivity index (χ0v) is 47.7. The van der Waals surface area contributed by atoms with Gasteiger partial charge in [0.2, 0.25) is 0 Å². The van der Waals surface area contributed by atoms with E-state index in [0.29, 0.717) is 0 Å². The topological polar surface area (TPSA) is 0 Å². The maximum absolute atomic E-state index is 2.49. The van der Waals surface area contributed by atoms with Gasteiger partial charge in [0.25, 0.3) is 0 Å². The first-order chi connectivity index (χ1) is 41.3. The van der Waals surface area contributed by atoms with Crippen LogP contribution < -0.4 is 0 Å². The molecule has 1 spiro atoms. The third-order valence-electron chi connectivity index (χ3n) is 19.2. The molecule has 3 aliphatic rings. The van der Waals surface area contributed by atoms with Gasteiger partial charge in [-0.2, -0.15) is 0 Å². The summed E-state index contributed by atoms with van der Waals surface area (Å²) in [4.78, 5) is 0. The third-order valence-corrected chi connectivity index (χ3v) is 19.2. The zero-order chi connectivity index (χ0) is 56.3. The number of fused-ring (bicyclic) bond motifs is 13. The highest BCUT2D eigenvalue weighted by atomic mass is 14.5. The van der Waals surface area contributed by atoms with E-state index in [-0.39, 0.29) is 5.41 Å². The Kier molecular flexibility index (Phi) is 11.4. The van der Waals surface area contributed by atoms with Gasteiger partial charge in [0.1, 0.15) is 0 Å². The Labute approximate surface area is 493 Å². The summed E-state index contributed by atoms with van der Waals surface area (Å²) in [6.07, 6.45) is 0. The van der Waals surface area contributed by atoms with E-state index in [1.54, 1.807) is 0 Å². The second kappa shape index (κ2) is 19.2.